The molecule has 0 unspecified atom stereocenters. The number of hydrogen-bond donors (Lipinski definition) is 2. The van der Waals surface area contributed by atoms with Crippen molar-refractivity contribution in [2.24, 2.45) is 0 Å². The Labute approximate surface area is 156 Å². The van der Waals surface area contributed by atoms with Crippen LogP contribution in [0.4, 0.5) is 0 Å². The molecule has 0 heterocycles. The van der Waals surface area contributed by atoms with Crippen molar-refractivity contribution in [1.29, 1.82) is 0 Å². The first-order chi connectivity index (χ1) is 12.8. The van der Waals surface area contributed by atoms with E-state index in [4.69, 9.17) is 0 Å². The quantitative estimate of drug-likeness (QED) is 0.611. The minimum absolute atomic E-state index is 0.583. The lowest BCUT2D eigenvalue weighted by molar-refractivity contribution is 0.0552. The molecule has 0 aromatic heterocycles. The lowest BCUT2D eigenvalue weighted by Crippen LogP contribution is -2.49. The largest absolute Gasteiger partial charge is 0.386 e. The second-order valence-electron chi connectivity index (χ2n) is 6.74. The maximum absolute atomic E-state index is 11.5. The van der Waals surface area contributed by atoms with Gasteiger partial charge in [-0.15, -0.1) is 0 Å². The van der Waals surface area contributed by atoms with Crippen LogP contribution in [0.1, 0.15) is 36.1 Å². The smallest absolute Gasteiger partial charge is 0.102 e. The van der Waals surface area contributed by atoms with E-state index in [-0.39, 0.29) is 0 Å². The van der Waals surface area contributed by atoms with Gasteiger partial charge in [-0.3, -0.25) is 0 Å². The van der Waals surface area contributed by atoms with Gasteiger partial charge in [0.1, 0.15) is 6.10 Å². The zero-order valence-corrected chi connectivity index (χ0v) is 15.3. The van der Waals surface area contributed by atoms with E-state index in [0.717, 1.165) is 24.1 Å². The van der Waals surface area contributed by atoms with Gasteiger partial charge in [0.2, 0.25) is 0 Å². The van der Waals surface area contributed by atoms with E-state index in [9.17, 15) is 5.11 Å². The predicted octanol–water partition coefficient (Wildman–Crippen LogP) is 4.86. The first-order valence-electron chi connectivity index (χ1n) is 9.34. The molecule has 0 fully saturated rings. The summed E-state index contributed by atoms with van der Waals surface area (Å²) < 4.78 is 0. The number of benzene rings is 3. The van der Waals surface area contributed by atoms with E-state index in [0.29, 0.717) is 6.42 Å². The summed E-state index contributed by atoms with van der Waals surface area (Å²) in [4.78, 5) is 0. The van der Waals surface area contributed by atoms with E-state index in [1.807, 2.05) is 54.6 Å². The number of aliphatic hydroxyl groups is 1. The summed E-state index contributed by atoms with van der Waals surface area (Å²) in [6.45, 7) is 2.99. The lowest BCUT2D eigenvalue weighted by Gasteiger charge is -2.40. The van der Waals surface area contributed by atoms with Crippen molar-refractivity contribution in [2.45, 2.75) is 31.4 Å². The first kappa shape index (κ1) is 18.4. The number of nitrogens with one attached hydrogen (secondary N) is 1. The van der Waals surface area contributed by atoms with Crippen LogP contribution in [0.3, 0.4) is 0 Å². The van der Waals surface area contributed by atoms with Crippen molar-refractivity contribution in [2.75, 3.05) is 6.54 Å². The molecule has 2 nitrogen and oxygen atoms in total. The van der Waals surface area contributed by atoms with Crippen molar-refractivity contribution >= 4 is 0 Å². The minimum atomic E-state index is -0.655. The minimum Gasteiger partial charge on any atom is -0.386 e. The van der Waals surface area contributed by atoms with Crippen LogP contribution >= 0.6 is 0 Å². The van der Waals surface area contributed by atoms with E-state index in [1.165, 1.54) is 5.56 Å². The van der Waals surface area contributed by atoms with Gasteiger partial charge >= 0.3 is 0 Å². The maximum Gasteiger partial charge on any atom is 0.102 e. The summed E-state index contributed by atoms with van der Waals surface area (Å²) in [5.41, 5.74) is 2.65. The molecule has 0 aliphatic rings. The summed E-state index contributed by atoms with van der Waals surface area (Å²) in [5.74, 6) is 0. The van der Waals surface area contributed by atoms with Crippen LogP contribution in [0, 0.1) is 0 Å². The molecular weight excluding hydrogens is 318 g/mol. The number of aliphatic hydroxyl groups excluding tert-OH is 1. The van der Waals surface area contributed by atoms with Crippen LogP contribution in [0.2, 0.25) is 0 Å². The standard InChI is InChI=1S/C24H27NO/c1-2-18-25-24(22-16-10-5-11-17-22,19-20-12-6-3-7-13-20)23(26)21-14-8-4-9-15-21/h3-17,23,25-26H,2,18-19H2,1H3/t23-,24+/m1/s1. The summed E-state index contributed by atoms with van der Waals surface area (Å²) in [6.07, 6.45) is 1.07. The Balaban J connectivity index is 2.10. The Morgan fingerprint density at radius 1 is 0.808 bits per heavy atom. The highest BCUT2D eigenvalue weighted by molar-refractivity contribution is 5.34. The highest BCUT2D eigenvalue weighted by atomic mass is 16.3. The van der Waals surface area contributed by atoms with Crippen molar-refractivity contribution in [3.8, 4) is 0 Å². The fraction of sp³-hybridized carbons (Fsp3) is 0.250. The first-order valence-corrected chi connectivity index (χ1v) is 9.34. The highest BCUT2D eigenvalue weighted by Crippen LogP contribution is 2.38. The molecule has 0 saturated heterocycles. The fourth-order valence-electron chi connectivity index (χ4n) is 3.54. The van der Waals surface area contributed by atoms with Crippen molar-refractivity contribution in [3.05, 3.63) is 108 Å². The maximum atomic E-state index is 11.5. The van der Waals surface area contributed by atoms with Gasteiger partial charge in [-0.05, 0) is 36.1 Å². The summed E-state index contributed by atoms with van der Waals surface area (Å²) >= 11 is 0. The molecule has 0 spiro atoms. The summed E-state index contributed by atoms with van der Waals surface area (Å²) in [6, 6.07) is 30.7. The van der Waals surface area contributed by atoms with E-state index >= 15 is 0 Å². The lowest BCUT2D eigenvalue weighted by atomic mass is 9.76. The van der Waals surface area contributed by atoms with Crippen LogP contribution in [0.25, 0.3) is 0 Å². The third-order valence-electron chi connectivity index (χ3n) is 4.89. The van der Waals surface area contributed by atoms with E-state index < -0.39 is 11.6 Å². The Morgan fingerprint density at radius 2 is 1.35 bits per heavy atom. The zero-order chi connectivity index (χ0) is 18.2. The Hall–Kier alpha value is -2.42. The number of rotatable bonds is 8. The second-order valence-corrected chi connectivity index (χ2v) is 6.74. The van der Waals surface area contributed by atoms with Gasteiger partial charge in [-0.1, -0.05) is 97.9 Å². The van der Waals surface area contributed by atoms with Gasteiger partial charge in [-0.25, -0.2) is 0 Å². The molecule has 0 amide bonds. The zero-order valence-electron chi connectivity index (χ0n) is 15.3. The normalized spacial score (nSPS) is 14.5. The molecule has 2 heteroatoms. The van der Waals surface area contributed by atoms with Gasteiger partial charge in [0.25, 0.3) is 0 Å². The molecule has 0 aliphatic heterocycles. The molecule has 26 heavy (non-hydrogen) atoms. The second kappa shape index (κ2) is 8.79. The molecular formula is C24H27NO. The third-order valence-corrected chi connectivity index (χ3v) is 4.89. The van der Waals surface area contributed by atoms with Crippen molar-refractivity contribution < 1.29 is 5.11 Å². The average molecular weight is 345 g/mol. The Morgan fingerprint density at radius 3 is 1.92 bits per heavy atom. The molecule has 0 bridgehead atoms. The molecule has 3 rings (SSSR count). The van der Waals surface area contributed by atoms with Gasteiger partial charge < -0.3 is 10.4 Å². The molecule has 3 aromatic carbocycles. The fourth-order valence-corrected chi connectivity index (χ4v) is 3.54. The Bertz CT molecular complexity index is 773. The van der Waals surface area contributed by atoms with Crippen LogP contribution in [-0.2, 0) is 12.0 Å². The molecule has 0 aliphatic carbocycles. The monoisotopic (exact) mass is 345 g/mol. The van der Waals surface area contributed by atoms with Gasteiger partial charge in [0.15, 0.2) is 0 Å². The Kier molecular flexibility index (Phi) is 6.21. The highest BCUT2D eigenvalue weighted by Gasteiger charge is 2.40. The van der Waals surface area contributed by atoms with Crippen molar-refractivity contribution in [1.82, 2.24) is 5.32 Å². The van der Waals surface area contributed by atoms with E-state index in [1.54, 1.807) is 0 Å². The molecule has 134 valence electrons. The van der Waals surface area contributed by atoms with Gasteiger partial charge in [0.05, 0.1) is 5.54 Å². The molecule has 2 N–H and O–H groups in total. The third kappa shape index (κ3) is 4.04. The summed E-state index contributed by atoms with van der Waals surface area (Å²) in [5, 5.41) is 15.2. The molecule has 3 aromatic rings. The SMILES string of the molecule is CCCN[C@@](Cc1ccccc1)(c1ccccc1)[C@H](O)c1ccccc1. The summed E-state index contributed by atoms with van der Waals surface area (Å²) in [7, 11) is 0. The predicted molar refractivity (Wildman–Crippen MR) is 108 cm³/mol. The topological polar surface area (TPSA) is 32.3 Å². The van der Waals surface area contributed by atoms with Crippen LogP contribution < -0.4 is 5.32 Å². The van der Waals surface area contributed by atoms with Crippen molar-refractivity contribution in [3.63, 3.8) is 0 Å². The average Bonchev–Trinajstić information content (AvgIpc) is 2.72. The van der Waals surface area contributed by atoms with Crippen LogP contribution in [0.5, 0.6) is 0 Å². The van der Waals surface area contributed by atoms with Crippen LogP contribution in [-0.4, -0.2) is 11.7 Å². The molecule has 2 atom stereocenters. The van der Waals surface area contributed by atoms with Crippen LogP contribution in [0.15, 0.2) is 91.0 Å². The molecule has 0 radical (unpaired) electrons. The number of hydrogen-bond acceptors (Lipinski definition) is 2. The van der Waals surface area contributed by atoms with Gasteiger partial charge in [0, 0.05) is 0 Å². The van der Waals surface area contributed by atoms with E-state index in [2.05, 4.69) is 48.6 Å². The van der Waals surface area contributed by atoms with Gasteiger partial charge in [-0.2, -0.15) is 0 Å². The molecule has 0 saturated carbocycles.